The summed E-state index contributed by atoms with van der Waals surface area (Å²) in [6.07, 6.45) is 32.9. The normalized spacial score (nSPS) is 12.0. The fourth-order valence-electron chi connectivity index (χ4n) is 5.20. The number of carbonyl (C=O) groups is 2. The van der Waals surface area contributed by atoms with Gasteiger partial charge in [-0.25, -0.2) is 0 Å². The Bertz CT molecular complexity index is 536. The van der Waals surface area contributed by atoms with Crippen LogP contribution in [0.15, 0.2) is 0 Å². The van der Waals surface area contributed by atoms with Gasteiger partial charge in [0, 0.05) is 12.8 Å². The molecule has 0 aromatic rings. The van der Waals surface area contributed by atoms with Crippen LogP contribution < -0.4 is 0 Å². The van der Waals surface area contributed by atoms with Gasteiger partial charge in [0.1, 0.15) is 6.61 Å². The highest BCUT2D eigenvalue weighted by Gasteiger charge is 2.16. The molecule has 5 heteroatoms. The number of hydrogen-bond donors (Lipinski definition) is 1. The van der Waals surface area contributed by atoms with Gasteiger partial charge in [-0.05, 0) is 12.8 Å². The molecule has 0 aliphatic carbocycles. The summed E-state index contributed by atoms with van der Waals surface area (Å²) in [6, 6.07) is 0. The molecule has 0 amide bonds. The van der Waals surface area contributed by atoms with E-state index in [2.05, 4.69) is 13.8 Å². The number of aliphatic hydroxyl groups excluding tert-OH is 1. The van der Waals surface area contributed by atoms with E-state index in [4.69, 9.17) is 9.47 Å². The van der Waals surface area contributed by atoms with E-state index < -0.39 is 6.10 Å². The molecule has 0 saturated heterocycles. The predicted octanol–water partition coefficient (Wildman–Crippen LogP) is 10.4. The number of esters is 2. The van der Waals surface area contributed by atoms with Gasteiger partial charge in [-0.3, -0.25) is 9.59 Å². The van der Waals surface area contributed by atoms with Crippen LogP contribution in [0.4, 0.5) is 0 Å². The summed E-state index contributed by atoms with van der Waals surface area (Å²) >= 11 is 0. The highest BCUT2D eigenvalue weighted by molar-refractivity contribution is 5.70. The number of carbonyl (C=O) groups excluding carboxylic acids is 2. The van der Waals surface area contributed by atoms with Crippen molar-refractivity contribution in [2.24, 2.45) is 0 Å². The zero-order chi connectivity index (χ0) is 29.4. The molecule has 0 rings (SSSR count). The largest absolute Gasteiger partial charge is 0.462 e. The second kappa shape index (κ2) is 32.4. The molecular weight excluding hydrogens is 500 g/mol. The van der Waals surface area contributed by atoms with Crippen molar-refractivity contribution in [2.75, 3.05) is 13.2 Å². The van der Waals surface area contributed by atoms with Gasteiger partial charge in [-0.1, -0.05) is 168 Å². The fraction of sp³-hybridized carbons (Fsp3) is 0.943. The molecule has 1 atom stereocenters. The molecule has 5 nitrogen and oxygen atoms in total. The van der Waals surface area contributed by atoms with Gasteiger partial charge in [0.05, 0.1) is 6.61 Å². The molecule has 0 unspecified atom stereocenters. The Balaban J connectivity index is 3.53. The summed E-state index contributed by atoms with van der Waals surface area (Å²) < 4.78 is 10.6. The second-order valence-corrected chi connectivity index (χ2v) is 12.0. The zero-order valence-corrected chi connectivity index (χ0v) is 26.9. The third-order valence-electron chi connectivity index (χ3n) is 7.90. The number of hydrogen-bond acceptors (Lipinski definition) is 5. The van der Waals surface area contributed by atoms with Gasteiger partial charge < -0.3 is 14.6 Å². The van der Waals surface area contributed by atoms with E-state index in [0.717, 1.165) is 32.1 Å². The van der Waals surface area contributed by atoms with Crippen molar-refractivity contribution in [3.63, 3.8) is 0 Å². The Kier molecular flexibility index (Phi) is 31.5. The first-order chi connectivity index (χ1) is 19.6. The van der Waals surface area contributed by atoms with Crippen LogP contribution in [0.2, 0.25) is 0 Å². The van der Waals surface area contributed by atoms with Crippen LogP contribution in [0, 0.1) is 0 Å². The van der Waals surface area contributed by atoms with Crippen LogP contribution in [-0.2, 0) is 19.1 Å². The van der Waals surface area contributed by atoms with Crippen LogP contribution >= 0.6 is 0 Å². The molecule has 0 aromatic heterocycles. The summed E-state index contributed by atoms with van der Waals surface area (Å²) in [5, 5.41) is 9.50. The summed E-state index contributed by atoms with van der Waals surface area (Å²) in [5.41, 5.74) is 0. The van der Waals surface area contributed by atoms with Crippen molar-refractivity contribution < 1.29 is 24.2 Å². The fourth-order valence-corrected chi connectivity index (χ4v) is 5.20. The van der Waals surface area contributed by atoms with Gasteiger partial charge in [-0.2, -0.15) is 0 Å². The van der Waals surface area contributed by atoms with Crippen molar-refractivity contribution in [3.8, 4) is 0 Å². The molecule has 238 valence electrons. The lowest BCUT2D eigenvalue weighted by molar-refractivity contribution is -0.161. The SMILES string of the molecule is CCCCCCCCCCCCCCCC(=O)OC[C@H](CO)OC(=O)CCCCCCCCCCCCCCC. The molecule has 0 aliphatic heterocycles. The van der Waals surface area contributed by atoms with E-state index in [0.29, 0.717) is 12.8 Å². The molecule has 0 radical (unpaired) electrons. The van der Waals surface area contributed by atoms with E-state index in [9.17, 15) is 14.7 Å². The highest BCUT2D eigenvalue weighted by Crippen LogP contribution is 2.15. The summed E-state index contributed by atoms with van der Waals surface area (Å²) in [7, 11) is 0. The smallest absolute Gasteiger partial charge is 0.306 e. The maximum atomic E-state index is 12.1. The van der Waals surface area contributed by atoms with Gasteiger partial charge >= 0.3 is 11.9 Å². The molecule has 0 aromatic carbocycles. The predicted molar refractivity (Wildman–Crippen MR) is 169 cm³/mol. The molecule has 1 N–H and O–H groups in total. The Morgan fingerprint density at radius 1 is 0.475 bits per heavy atom. The molecule has 0 bridgehead atoms. The van der Waals surface area contributed by atoms with Crippen LogP contribution in [-0.4, -0.2) is 36.4 Å². The van der Waals surface area contributed by atoms with Crippen molar-refractivity contribution in [2.45, 2.75) is 200 Å². The van der Waals surface area contributed by atoms with Crippen LogP contribution in [0.1, 0.15) is 194 Å². The first-order valence-corrected chi connectivity index (χ1v) is 17.6. The highest BCUT2D eigenvalue weighted by atomic mass is 16.6. The van der Waals surface area contributed by atoms with Crippen LogP contribution in [0.3, 0.4) is 0 Å². The summed E-state index contributed by atoms with van der Waals surface area (Å²) in [5.74, 6) is -0.580. The Hall–Kier alpha value is -1.10. The monoisotopic (exact) mass is 569 g/mol. The summed E-state index contributed by atoms with van der Waals surface area (Å²) in [6.45, 7) is 4.14. The van der Waals surface area contributed by atoms with Crippen molar-refractivity contribution in [1.29, 1.82) is 0 Å². The van der Waals surface area contributed by atoms with Gasteiger partial charge in [-0.15, -0.1) is 0 Å². The molecular formula is C35H68O5. The molecule has 0 heterocycles. The second-order valence-electron chi connectivity index (χ2n) is 12.0. The molecule has 0 fully saturated rings. The lowest BCUT2D eigenvalue weighted by atomic mass is 10.0. The molecule has 0 saturated carbocycles. The van der Waals surface area contributed by atoms with E-state index in [1.807, 2.05) is 0 Å². The Morgan fingerprint density at radius 2 is 0.775 bits per heavy atom. The lowest BCUT2D eigenvalue weighted by Crippen LogP contribution is -2.28. The van der Waals surface area contributed by atoms with Gasteiger partial charge in [0.15, 0.2) is 6.10 Å². The third-order valence-corrected chi connectivity index (χ3v) is 7.90. The summed E-state index contributed by atoms with van der Waals surface area (Å²) in [4.78, 5) is 24.1. The van der Waals surface area contributed by atoms with E-state index in [1.54, 1.807) is 0 Å². The first kappa shape index (κ1) is 38.9. The van der Waals surface area contributed by atoms with E-state index in [-0.39, 0.29) is 25.2 Å². The average Bonchev–Trinajstić information content (AvgIpc) is 2.96. The van der Waals surface area contributed by atoms with E-state index >= 15 is 0 Å². The number of unbranched alkanes of at least 4 members (excludes halogenated alkanes) is 24. The Labute approximate surface area is 248 Å². The minimum Gasteiger partial charge on any atom is -0.462 e. The average molecular weight is 569 g/mol. The molecule has 0 spiro atoms. The topological polar surface area (TPSA) is 72.8 Å². The minimum absolute atomic E-state index is 0.0574. The maximum Gasteiger partial charge on any atom is 0.306 e. The standard InChI is InChI=1S/C35H68O5/c1-3-5-7-9-11-13-15-17-19-21-23-25-27-29-34(37)39-32-33(31-36)40-35(38)30-28-26-24-22-20-18-16-14-12-10-8-6-4-2/h33,36H,3-32H2,1-2H3/t33-/m0/s1. The number of rotatable bonds is 32. The van der Waals surface area contributed by atoms with Crippen molar-refractivity contribution in [3.05, 3.63) is 0 Å². The maximum absolute atomic E-state index is 12.1. The van der Waals surface area contributed by atoms with Crippen LogP contribution in [0.5, 0.6) is 0 Å². The molecule has 40 heavy (non-hydrogen) atoms. The Morgan fingerprint density at radius 3 is 1.10 bits per heavy atom. The lowest BCUT2D eigenvalue weighted by Gasteiger charge is -2.15. The van der Waals surface area contributed by atoms with Gasteiger partial charge in [0.25, 0.3) is 0 Å². The zero-order valence-electron chi connectivity index (χ0n) is 26.9. The molecule has 0 aliphatic rings. The van der Waals surface area contributed by atoms with Crippen molar-refractivity contribution in [1.82, 2.24) is 0 Å². The van der Waals surface area contributed by atoms with Gasteiger partial charge in [0.2, 0.25) is 0 Å². The quantitative estimate of drug-likeness (QED) is 0.0645. The number of aliphatic hydroxyl groups is 1. The third kappa shape index (κ3) is 29.9. The van der Waals surface area contributed by atoms with Crippen molar-refractivity contribution >= 4 is 11.9 Å². The minimum atomic E-state index is -0.759. The van der Waals surface area contributed by atoms with E-state index in [1.165, 1.54) is 135 Å². The first-order valence-electron chi connectivity index (χ1n) is 17.6. The number of ether oxygens (including phenoxy) is 2. The van der Waals surface area contributed by atoms with Crippen LogP contribution in [0.25, 0.3) is 0 Å².